The molecule has 0 saturated carbocycles. The number of hydrogen-bond acceptors (Lipinski definition) is 3. The Morgan fingerprint density at radius 1 is 1.39 bits per heavy atom. The van der Waals surface area contributed by atoms with E-state index < -0.39 is 10.8 Å². The number of hydrogen-bond donors (Lipinski definition) is 1. The molecule has 18 heavy (non-hydrogen) atoms. The normalized spacial score (nSPS) is 12.6. The number of rotatable bonds is 4. The lowest BCUT2D eigenvalue weighted by molar-refractivity contribution is 0.675. The highest BCUT2D eigenvalue weighted by atomic mass is 32.2. The summed E-state index contributed by atoms with van der Waals surface area (Å²) in [5.41, 5.74) is 8.39. The van der Waals surface area contributed by atoms with Crippen LogP contribution in [0.2, 0.25) is 0 Å². The molecule has 96 valence electrons. The molecule has 0 bridgehead atoms. The zero-order chi connectivity index (χ0) is 13.1. The van der Waals surface area contributed by atoms with Crippen LogP contribution in [0.15, 0.2) is 35.2 Å². The van der Waals surface area contributed by atoms with Gasteiger partial charge >= 0.3 is 0 Å². The maximum Gasteiger partial charge on any atom is 0.0703 e. The highest BCUT2D eigenvalue weighted by Crippen LogP contribution is 2.18. The summed E-state index contributed by atoms with van der Waals surface area (Å²) in [5, 5.41) is 4.35. The fraction of sp³-hybridized carbons (Fsp3) is 0.308. The second-order valence-electron chi connectivity index (χ2n) is 4.13. The molecule has 5 heteroatoms. The molecule has 1 aromatic carbocycles. The fourth-order valence-corrected chi connectivity index (χ4v) is 3.03. The van der Waals surface area contributed by atoms with E-state index in [4.69, 9.17) is 5.73 Å². The number of anilines is 1. The molecule has 0 aliphatic rings. The molecular weight excluding hydrogens is 246 g/mol. The molecule has 0 aliphatic heterocycles. The van der Waals surface area contributed by atoms with Crippen LogP contribution in [-0.4, -0.2) is 14.0 Å². The van der Waals surface area contributed by atoms with Gasteiger partial charge in [-0.25, -0.2) is 0 Å². The number of nitrogen functional groups attached to an aromatic ring is 1. The van der Waals surface area contributed by atoms with Crippen LogP contribution < -0.4 is 5.73 Å². The zero-order valence-electron chi connectivity index (χ0n) is 10.6. The van der Waals surface area contributed by atoms with Crippen LogP contribution >= 0.6 is 0 Å². The van der Waals surface area contributed by atoms with Crippen LogP contribution in [0.5, 0.6) is 0 Å². The second kappa shape index (κ2) is 5.35. The summed E-state index contributed by atoms with van der Waals surface area (Å²) in [6.45, 7) is 2.05. The lowest BCUT2D eigenvalue weighted by Crippen LogP contribution is -2.05. The zero-order valence-corrected chi connectivity index (χ0v) is 11.4. The molecule has 4 nitrogen and oxygen atoms in total. The topological polar surface area (TPSA) is 60.9 Å². The van der Waals surface area contributed by atoms with Gasteiger partial charge in [0.1, 0.15) is 0 Å². The molecule has 0 radical (unpaired) electrons. The highest BCUT2D eigenvalue weighted by molar-refractivity contribution is 7.84. The van der Waals surface area contributed by atoms with Crippen molar-refractivity contribution in [2.24, 2.45) is 7.05 Å². The molecule has 1 heterocycles. The van der Waals surface area contributed by atoms with Gasteiger partial charge in [-0.2, -0.15) is 5.10 Å². The average molecular weight is 263 g/mol. The summed E-state index contributed by atoms with van der Waals surface area (Å²) in [4.78, 5) is 0.691. The quantitative estimate of drug-likeness (QED) is 0.857. The minimum absolute atomic E-state index is 0.442. The second-order valence-corrected chi connectivity index (χ2v) is 5.55. The third-order valence-electron chi connectivity index (χ3n) is 2.83. The first-order valence-electron chi connectivity index (χ1n) is 5.86. The number of nitrogens with two attached hydrogens (primary N) is 1. The van der Waals surface area contributed by atoms with Crippen LogP contribution in [0.4, 0.5) is 5.69 Å². The van der Waals surface area contributed by atoms with Crippen LogP contribution in [-0.2, 0) is 30.0 Å². The van der Waals surface area contributed by atoms with Crippen molar-refractivity contribution in [3.63, 3.8) is 0 Å². The average Bonchev–Trinajstić information content (AvgIpc) is 2.70. The molecule has 0 fully saturated rings. The largest absolute Gasteiger partial charge is 0.398 e. The van der Waals surface area contributed by atoms with Gasteiger partial charge < -0.3 is 5.73 Å². The smallest absolute Gasteiger partial charge is 0.0703 e. The minimum atomic E-state index is -1.13. The Kier molecular flexibility index (Phi) is 3.81. The Labute approximate surface area is 109 Å². The Morgan fingerprint density at radius 2 is 2.11 bits per heavy atom. The molecule has 0 spiro atoms. The summed E-state index contributed by atoms with van der Waals surface area (Å²) in [6, 6.07) is 9.27. The third kappa shape index (κ3) is 2.61. The molecule has 0 aliphatic carbocycles. The maximum atomic E-state index is 12.3. The van der Waals surface area contributed by atoms with Gasteiger partial charge in [-0.15, -0.1) is 0 Å². The standard InChI is InChI=1S/C13H17N3OS/c1-3-10-8-11(16(2)15-10)9-18(17)13-7-5-4-6-12(13)14/h4-8H,3,9,14H2,1-2H3. The van der Waals surface area contributed by atoms with Crippen LogP contribution in [0.1, 0.15) is 18.3 Å². The molecule has 2 aromatic rings. The van der Waals surface area contributed by atoms with Crippen LogP contribution in [0.25, 0.3) is 0 Å². The van der Waals surface area contributed by atoms with E-state index in [1.807, 2.05) is 31.3 Å². The molecule has 1 atom stereocenters. The van der Waals surface area contributed by atoms with Crippen molar-refractivity contribution in [3.05, 3.63) is 41.7 Å². The lowest BCUT2D eigenvalue weighted by Gasteiger charge is -2.05. The van der Waals surface area contributed by atoms with Gasteiger partial charge in [0.05, 0.1) is 32.8 Å². The fourth-order valence-electron chi connectivity index (χ4n) is 1.78. The number of para-hydroxylation sites is 1. The van der Waals surface area contributed by atoms with E-state index in [-0.39, 0.29) is 0 Å². The molecule has 2 N–H and O–H groups in total. The Bertz CT molecular complexity index is 577. The van der Waals surface area contributed by atoms with E-state index in [9.17, 15) is 4.21 Å². The van der Waals surface area contributed by atoms with E-state index in [1.165, 1.54) is 0 Å². The minimum Gasteiger partial charge on any atom is -0.398 e. The number of nitrogens with zero attached hydrogens (tertiary/aromatic N) is 2. The predicted molar refractivity (Wildman–Crippen MR) is 73.6 cm³/mol. The molecule has 0 amide bonds. The first kappa shape index (κ1) is 12.8. The summed E-state index contributed by atoms with van der Waals surface area (Å²) in [6.07, 6.45) is 0.883. The van der Waals surface area contributed by atoms with Gasteiger partial charge in [0.25, 0.3) is 0 Å². The van der Waals surface area contributed by atoms with Gasteiger partial charge in [0.2, 0.25) is 0 Å². The van der Waals surface area contributed by atoms with Gasteiger partial charge in [0.15, 0.2) is 0 Å². The van der Waals surface area contributed by atoms with Crippen molar-refractivity contribution in [2.45, 2.75) is 24.0 Å². The van der Waals surface area contributed by atoms with Crippen molar-refractivity contribution in [1.82, 2.24) is 9.78 Å². The van der Waals surface area contributed by atoms with Crippen molar-refractivity contribution in [2.75, 3.05) is 5.73 Å². The SMILES string of the molecule is CCc1cc(CS(=O)c2ccccc2N)n(C)n1. The molecule has 0 saturated heterocycles. The highest BCUT2D eigenvalue weighted by Gasteiger charge is 2.11. The van der Waals surface area contributed by atoms with Gasteiger partial charge in [0, 0.05) is 12.7 Å². The summed E-state index contributed by atoms with van der Waals surface area (Å²) < 4.78 is 14.1. The van der Waals surface area contributed by atoms with Crippen molar-refractivity contribution < 1.29 is 4.21 Å². The van der Waals surface area contributed by atoms with Gasteiger partial charge in [-0.05, 0) is 24.6 Å². The van der Waals surface area contributed by atoms with E-state index in [0.717, 1.165) is 17.8 Å². The first-order chi connectivity index (χ1) is 8.61. The Morgan fingerprint density at radius 3 is 2.72 bits per heavy atom. The first-order valence-corrected chi connectivity index (χ1v) is 7.18. The van der Waals surface area contributed by atoms with Crippen molar-refractivity contribution in [3.8, 4) is 0 Å². The summed E-state index contributed by atoms with van der Waals surface area (Å²) in [5.74, 6) is 0.442. The molecule has 1 unspecified atom stereocenters. The van der Waals surface area contributed by atoms with E-state index >= 15 is 0 Å². The predicted octanol–water partition coefficient (Wildman–Crippen LogP) is 1.87. The van der Waals surface area contributed by atoms with Crippen LogP contribution in [0, 0.1) is 0 Å². The monoisotopic (exact) mass is 263 g/mol. The third-order valence-corrected chi connectivity index (χ3v) is 4.25. The Balaban J connectivity index is 2.21. The summed E-state index contributed by atoms with van der Waals surface area (Å²) in [7, 11) is 0.744. The number of benzene rings is 1. The van der Waals surface area contributed by atoms with E-state index in [2.05, 4.69) is 12.0 Å². The van der Waals surface area contributed by atoms with E-state index in [0.29, 0.717) is 16.3 Å². The number of aryl methyl sites for hydroxylation is 2. The van der Waals surface area contributed by atoms with Crippen molar-refractivity contribution >= 4 is 16.5 Å². The van der Waals surface area contributed by atoms with E-state index in [1.54, 1.807) is 10.7 Å². The maximum absolute atomic E-state index is 12.3. The lowest BCUT2D eigenvalue weighted by atomic mass is 10.3. The van der Waals surface area contributed by atoms with Crippen LogP contribution in [0.3, 0.4) is 0 Å². The Hall–Kier alpha value is -1.62. The summed E-state index contributed by atoms with van der Waals surface area (Å²) >= 11 is 0. The van der Waals surface area contributed by atoms with Crippen molar-refractivity contribution in [1.29, 1.82) is 0 Å². The van der Waals surface area contributed by atoms with Gasteiger partial charge in [-0.3, -0.25) is 8.89 Å². The molecule has 1 aromatic heterocycles. The number of aromatic nitrogens is 2. The van der Waals surface area contributed by atoms with Gasteiger partial charge in [-0.1, -0.05) is 19.1 Å². The molecule has 2 rings (SSSR count). The molecular formula is C13H17N3OS.